The molecule has 0 amide bonds. The summed E-state index contributed by atoms with van der Waals surface area (Å²) in [6, 6.07) is 0. The van der Waals surface area contributed by atoms with Gasteiger partial charge in [0.2, 0.25) is 0 Å². The Labute approximate surface area is 91.6 Å². The van der Waals surface area contributed by atoms with Crippen molar-refractivity contribution in [2.45, 2.75) is 0 Å². The van der Waals surface area contributed by atoms with Crippen molar-refractivity contribution in [2.75, 3.05) is 40.6 Å². The van der Waals surface area contributed by atoms with E-state index in [1.165, 1.54) is 0 Å². The van der Waals surface area contributed by atoms with Gasteiger partial charge in [-0.1, -0.05) is 0 Å². The Morgan fingerprint density at radius 2 is 1.67 bits per heavy atom. The van der Waals surface area contributed by atoms with Gasteiger partial charge in [-0.15, -0.1) is 0 Å². The van der Waals surface area contributed by atoms with Crippen molar-refractivity contribution in [3.8, 4) is 0 Å². The van der Waals surface area contributed by atoms with Crippen molar-refractivity contribution in [1.29, 1.82) is 0 Å². The normalized spacial score (nSPS) is 12.3. The summed E-state index contributed by atoms with van der Waals surface area (Å²) in [5, 5.41) is 0. The first-order valence-electron chi connectivity index (χ1n) is 3.35. The molecule has 6 heteroatoms. The van der Waals surface area contributed by atoms with Gasteiger partial charge >= 0.3 is 0 Å². The molecular weight excluding hydrogens is 293 g/mol. The van der Waals surface area contributed by atoms with Crippen LogP contribution in [0.3, 0.4) is 0 Å². The Bertz CT molecular complexity index is 207. The third-order valence-electron chi connectivity index (χ3n) is 1.06. The number of hydrogen-bond acceptors (Lipinski definition) is 3. The second kappa shape index (κ2) is 5.36. The molecule has 0 saturated carbocycles. The lowest BCUT2D eigenvalue weighted by Gasteiger charge is -2.22. The highest BCUT2D eigenvalue weighted by Gasteiger charge is 2.08. The minimum atomic E-state index is -3.26. The molecule has 0 radical (unpaired) electrons. The molecule has 0 rings (SSSR count). The fraction of sp³-hybridized carbons (Fsp3) is 1.00. The lowest BCUT2D eigenvalue weighted by molar-refractivity contribution is -0.870. The Morgan fingerprint density at radius 3 is 1.92 bits per heavy atom. The van der Waals surface area contributed by atoms with Crippen molar-refractivity contribution >= 4 is 10.1 Å². The molecule has 76 valence electrons. The smallest absolute Gasteiger partial charge is 0.264 e. The molecule has 0 atom stereocenters. The van der Waals surface area contributed by atoms with Crippen LogP contribution in [0.4, 0.5) is 0 Å². The van der Waals surface area contributed by atoms with Crippen LogP contribution < -0.4 is 24.0 Å². The minimum absolute atomic E-state index is 0. The molecule has 0 aliphatic carbocycles. The predicted molar refractivity (Wildman–Crippen MR) is 43.7 cm³/mol. The van der Waals surface area contributed by atoms with Crippen LogP contribution in [0.25, 0.3) is 0 Å². The van der Waals surface area contributed by atoms with E-state index in [1.807, 2.05) is 21.1 Å². The number of hydrogen-bond donors (Lipinski definition) is 0. The topological polar surface area (TPSA) is 43.4 Å². The Kier molecular flexibility index (Phi) is 6.73. The van der Waals surface area contributed by atoms with Gasteiger partial charge in [0.25, 0.3) is 10.1 Å². The second-order valence-electron chi connectivity index (χ2n) is 3.54. The van der Waals surface area contributed by atoms with Crippen LogP contribution in [0.2, 0.25) is 0 Å². The van der Waals surface area contributed by atoms with Gasteiger partial charge < -0.3 is 28.5 Å². The molecule has 0 heterocycles. The molecule has 0 saturated heterocycles. The molecular formula is C6H16INO3S. The summed E-state index contributed by atoms with van der Waals surface area (Å²) in [5.74, 6) is 0. The molecule has 4 nitrogen and oxygen atoms in total. The molecule has 0 aliphatic heterocycles. The molecule has 0 spiro atoms. The molecule has 0 bridgehead atoms. The van der Waals surface area contributed by atoms with E-state index in [-0.39, 0.29) is 30.6 Å². The SMILES string of the molecule is C[N+](C)(C)CCOS(C)(=O)=O.[I-]. The average Bonchev–Trinajstić information content (AvgIpc) is 1.55. The molecule has 0 aliphatic rings. The summed E-state index contributed by atoms with van der Waals surface area (Å²) in [5.41, 5.74) is 0. The lowest BCUT2D eigenvalue weighted by atomic mass is 10.5. The van der Waals surface area contributed by atoms with E-state index in [9.17, 15) is 8.42 Å². The van der Waals surface area contributed by atoms with Crippen LogP contribution in [0.1, 0.15) is 0 Å². The van der Waals surface area contributed by atoms with Crippen LogP contribution in [0, 0.1) is 0 Å². The monoisotopic (exact) mass is 309 g/mol. The number of rotatable bonds is 4. The fourth-order valence-electron chi connectivity index (χ4n) is 0.463. The minimum Gasteiger partial charge on any atom is -1.00 e. The van der Waals surface area contributed by atoms with Gasteiger partial charge in [0.05, 0.1) is 27.4 Å². The molecule has 0 unspecified atom stereocenters. The van der Waals surface area contributed by atoms with E-state index < -0.39 is 10.1 Å². The molecule has 0 fully saturated rings. The summed E-state index contributed by atoms with van der Waals surface area (Å²) in [6.07, 6.45) is 1.06. The van der Waals surface area contributed by atoms with Crippen LogP contribution in [0.15, 0.2) is 0 Å². The van der Waals surface area contributed by atoms with Gasteiger partial charge in [-0.3, -0.25) is 4.18 Å². The molecule has 0 aromatic heterocycles. The highest BCUT2D eigenvalue weighted by atomic mass is 127. The highest BCUT2D eigenvalue weighted by Crippen LogP contribution is 1.92. The van der Waals surface area contributed by atoms with E-state index in [0.717, 1.165) is 6.26 Å². The molecule has 12 heavy (non-hydrogen) atoms. The van der Waals surface area contributed by atoms with Gasteiger partial charge in [-0.2, -0.15) is 8.42 Å². The quantitative estimate of drug-likeness (QED) is 0.310. The lowest BCUT2D eigenvalue weighted by Crippen LogP contribution is -3.00. The zero-order valence-corrected chi connectivity index (χ0v) is 10.8. The number of likely N-dealkylation sites (N-methyl/N-ethyl adjacent to an activating group) is 1. The van der Waals surface area contributed by atoms with E-state index in [2.05, 4.69) is 4.18 Å². The standard InChI is InChI=1S/C6H16NO3S.HI/c1-7(2,3)5-6-10-11(4,8)9;/h5-6H2,1-4H3;1H/q+1;/p-1. The second-order valence-corrected chi connectivity index (χ2v) is 5.18. The van der Waals surface area contributed by atoms with Crippen molar-refractivity contribution in [3.05, 3.63) is 0 Å². The summed E-state index contributed by atoms with van der Waals surface area (Å²) < 4.78 is 26.2. The maximum absolute atomic E-state index is 10.5. The van der Waals surface area contributed by atoms with Crippen molar-refractivity contribution in [1.82, 2.24) is 0 Å². The van der Waals surface area contributed by atoms with Gasteiger partial charge in [0, 0.05) is 0 Å². The maximum Gasteiger partial charge on any atom is 0.264 e. The Morgan fingerprint density at radius 1 is 1.25 bits per heavy atom. The van der Waals surface area contributed by atoms with Gasteiger partial charge in [-0.05, 0) is 0 Å². The van der Waals surface area contributed by atoms with Crippen LogP contribution in [-0.2, 0) is 14.3 Å². The number of quaternary nitrogens is 1. The van der Waals surface area contributed by atoms with Crippen molar-refractivity contribution < 1.29 is 41.1 Å². The van der Waals surface area contributed by atoms with Crippen molar-refractivity contribution in [2.24, 2.45) is 0 Å². The number of nitrogens with zero attached hydrogens (tertiary/aromatic N) is 1. The summed E-state index contributed by atoms with van der Waals surface area (Å²) in [4.78, 5) is 0. The average molecular weight is 309 g/mol. The summed E-state index contributed by atoms with van der Waals surface area (Å²) in [7, 11) is 2.68. The van der Waals surface area contributed by atoms with Crippen LogP contribution in [0.5, 0.6) is 0 Å². The predicted octanol–water partition coefficient (Wildman–Crippen LogP) is -3.33. The van der Waals surface area contributed by atoms with Crippen molar-refractivity contribution in [3.63, 3.8) is 0 Å². The third kappa shape index (κ3) is 13.2. The first-order valence-corrected chi connectivity index (χ1v) is 5.17. The zero-order valence-electron chi connectivity index (χ0n) is 7.87. The largest absolute Gasteiger partial charge is 1.00 e. The fourth-order valence-corrected chi connectivity index (χ4v) is 0.840. The molecule has 0 aromatic rings. The Hall–Kier alpha value is 0.600. The molecule has 0 N–H and O–H groups in total. The first-order chi connectivity index (χ1) is 4.71. The Balaban J connectivity index is 0. The van der Waals surface area contributed by atoms with Crippen LogP contribution >= 0.6 is 0 Å². The first kappa shape index (κ1) is 15.1. The van der Waals surface area contributed by atoms with E-state index in [4.69, 9.17) is 0 Å². The maximum atomic E-state index is 10.5. The highest BCUT2D eigenvalue weighted by molar-refractivity contribution is 7.85. The van der Waals surface area contributed by atoms with Crippen LogP contribution in [-0.4, -0.2) is 53.5 Å². The van der Waals surface area contributed by atoms with Gasteiger partial charge in [0.1, 0.15) is 13.2 Å². The van der Waals surface area contributed by atoms with E-state index in [1.54, 1.807) is 0 Å². The van der Waals surface area contributed by atoms with E-state index in [0.29, 0.717) is 11.0 Å². The zero-order chi connectivity index (χ0) is 9.12. The van der Waals surface area contributed by atoms with Gasteiger partial charge in [0.15, 0.2) is 0 Å². The third-order valence-corrected chi connectivity index (χ3v) is 1.65. The summed E-state index contributed by atoms with van der Waals surface area (Å²) >= 11 is 0. The molecule has 0 aromatic carbocycles. The summed E-state index contributed by atoms with van der Waals surface area (Å²) in [6.45, 7) is 0.940. The van der Waals surface area contributed by atoms with E-state index >= 15 is 0 Å². The number of halogens is 1. The van der Waals surface area contributed by atoms with Gasteiger partial charge in [-0.25, -0.2) is 0 Å².